The van der Waals surface area contributed by atoms with E-state index in [1.807, 2.05) is 6.07 Å². The summed E-state index contributed by atoms with van der Waals surface area (Å²) < 4.78 is 11.3. The molecule has 0 fully saturated rings. The van der Waals surface area contributed by atoms with Gasteiger partial charge in [-0.2, -0.15) is 0 Å². The summed E-state index contributed by atoms with van der Waals surface area (Å²) in [7, 11) is 7.60. The van der Waals surface area contributed by atoms with Crippen LogP contribution in [-0.4, -0.2) is 50.9 Å². The fourth-order valence-electron chi connectivity index (χ4n) is 5.23. The molecule has 0 aromatic heterocycles. The van der Waals surface area contributed by atoms with Gasteiger partial charge in [-0.05, 0) is 105 Å². The van der Waals surface area contributed by atoms with E-state index in [4.69, 9.17) is 9.47 Å². The van der Waals surface area contributed by atoms with Crippen molar-refractivity contribution in [1.82, 2.24) is 4.90 Å². The molecule has 192 valence electrons. The highest BCUT2D eigenvalue weighted by atomic mass is 16.5. The van der Waals surface area contributed by atoms with Crippen molar-refractivity contribution in [2.45, 2.75) is 51.0 Å². The quantitative estimate of drug-likeness (QED) is 0.376. The molecule has 0 aliphatic heterocycles. The summed E-state index contributed by atoms with van der Waals surface area (Å²) in [4.78, 5) is 2.22. The van der Waals surface area contributed by atoms with Crippen LogP contribution in [0.25, 0.3) is 0 Å². The first-order valence-corrected chi connectivity index (χ1v) is 12.9. The Kier molecular flexibility index (Phi) is 8.42. The van der Waals surface area contributed by atoms with Gasteiger partial charge in [0.2, 0.25) is 0 Å². The molecule has 5 heteroatoms. The lowest BCUT2D eigenvalue weighted by molar-refractivity contribution is 0.354. The SMILES string of the molecule is COc1cc(NC(C)Cc2ccc(CCN(C)C)cc2)c(C2CCc3cc(O)ccc3C2)cc1OC. The van der Waals surface area contributed by atoms with Gasteiger partial charge in [-0.25, -0.2) is 0 Å². The van der Waals surface area contributed by atoms with Crippen molar-refractivity contribution in [2.24, 2.45) is 0 Å². The smallest absolute Gasteiger partial charge is 0.162 e. The van der Waals surface area contributed by atoms with Crippen LogP contribution in [0.4, 0.5) is 5.69 Å². The van der Waals surface area contributed by atoms with Gasteiger partial charge in [-0.3, -0.25) is 0 Å². The molecule has 0 saturated carbocycles. The summed E-state index contributed by atoms with van der Waals surface area (Å²) in [6.45, 7) is 3.30. The molecule has 3 aromatic rings. The van der Waals surface area contributed by atoms with Gasteiger partial charge in [-0.1, -0.05) is 30.3 Å². The van der Waals surface area contributed by atoms with E-state index in [9.17, 15) is 5.11 Å². The molecule has 0 bridgehead atoms. The van der Waals surface area contributed by atoms with Crippen LogP contribution in [0.3, 0.4) is 0 Å². The zero-order valence-corrected chi connectivity index (χ0v) is 22.3. The number of methoxy groups -OCH3 is 2. The van der Waals surface area contributed by atoms with Crippen LogP contribution in [0.1, 0.15) is 47.1 Å². The molecule has 1 aliphatic rings. The number of hydrogen-bond donors (Lipinski definition) is 2. The van der Waals surface area contributed by atoms with Gasteiger partial charge in [0, 0.05) is 24.3 Å². The molecule has 0 amide bonds. The molecule has 0 heterocycles. The van der Waals surface area contributed by atoms with Crippen LogP contribution < -0.4 is 14.8 Å². The normalized spacial score (nSPS) is 15.9. The summed E-state index contributed by atoms with van der Waals surface area (Å²) in [5, 5.41) is 13.7. The number of phenolic OH excluding ortho intramolecular Hbond substituents is 1. The molecule has 1 aliphatic carbocycles. The van der Waals surface area contributed by atoms with Crippen LogP contribution in [0, 0.1) is 0 Å². The number of phenols is 1. The molecule has 36 heavy (non-hydrogen) atoms. The number of ether oxygens (including phenoxy) is 2. The monoisotopic (exact) mass is 488 g/mol. The number of nitrogens with one attached hydrogen (secondary N) is 1. The van der Waals surface area contributed by atoms with Crippen LogP contribution >= 0.6 is 0 Å². The molecular formula is C31H40N2O3. The number of benzene rings is 3. The third kappa shape index (κ3) is 6.33. The van der Waals surface area contributed by atoms with Crippen LogP contribution in [0.2, 0.25) is 0 Å². The fraction of sp³-hybridized carbons (Fsp3) is 0.419. The maximum atomic E-state index is 9.88. The number of aromatic hydroxyl groups is 1. The molecule has 2 N–H and O–H groups in total. The van der Waals surface area contributed by atoms with Crippen molar-refractivity contribution in [3.8, 4) is 17.2 Å². The number of rotatable bonds is 10. The molecule has 0 radical (unpaired) electrons. The van der Waals surface area contributed by atoms with Gasteiger partial charge in [0.15, 0.2) is 11.5 Å². The molecular weight excluding hydrogens is 448 g/mol. The van der Waals surface area contributed by atoms with Crippen molar-refractivity contribution in [1.29, 1.82) is 0 Å². The van der Waals surface area contributed by atoms with E-state index in [1.165, 1.54) is 27.8 Å². The van der Waals surface area contributed by atoms with E-state index in [2.05, 4.69) is 73.7 Å². The minimum Gasteiger partial charge on any atom is -0.508 e. The van der Waals surface area contributed by atoms with E-state index >= 15 is 0 Å². The molecule has 4 rings (SSSR count). The molecule has 3 aromatic carbocycles. The Bertz CT molecular complexity index is 1160. The lowest BCUT2D eigenvalue weighted by Gasteiger charge is -2.29. The second kappa shape index (κ2) is 11.7. The second-order valence-corrected chi connectivity index (χ2v) is 10.3. The van der Waals surface area contributed by atoms with Crippen molar-refractivity contribution < 1.29 is 14.6 Å². The first-order chi connectivity index (χ1) is 17.4. The predicted molar refractivity (Wildman–Crippen MR) is 148 cm³/mol. The van der Waals surface area contributed by atoms with E-state index in [-0.39, 0.29) is 6.04 Å². The Hall–Kier alpha value is -3.18. The third-order valence-electron chi connectivity index (χ3n) is 7.23. The lowest BCUT2D eigenvalue weighted by atomic mass is 9.79. The minimum absolute atomic E-state index is 0.252. The average Bonchev–Trinajstić information content (AvgIpc) is 2.87. The van der Waals surface area contributed by atoms with E-state index < -0.39 is 0 Å². The maximum absolute atomic E-state index is 9.88. The van der Waals surface area contributed by atoms with Crippen molar-refractivity contribution in [3.05, 3.63) is 82.4 Å². The molecule has 0 saturated heterocycles. The predicted octanol–water partition coefficient (Wildman–Crippen LogP) is 5.83. The standard InChI is InChI=1S/C31H40N2O3/c1-21(16-23-8-6-22(7-9-23)14-15-33(2)3)32-29-20-31(36-5)30(35-4)19-28(29)26-11-10-25-18-27(34)13-12-24(25)17-26/h6-9,12-13,18-21,26,32,34H,10-11,14-17H2,1-5H3. The van der Waals surface area contributed by atoms with Crippen LogP contribution in [0.15, 0.2) is 54.6 Å². The van der Waals surface area contributed by atoms with Gasteiger partial charge in [0.05, 0.1) is 14.2 Å². The third-order valence-corrected chi connectivity index (χ3v) is 7.23. The fourth-order valence-corrected chi connectivity index (χ4v) is 5.23. The largest absolute Gasteiger partial charge is 0.508 e. The first-order valence-electron chi connectivity index (χ1n) is 12.9. The van der Waals surface area contributed by atoms with Crippen LogP contribution in [0.5, 0.6) is 17.2 Å². The van der Waals surface area contributed by atoms with E-state index in [0.717, 1.165) is 55.8 Å². The zero-order chi connectivity index (χ0) is 25.7. The number of fused-ring (bicyclic) bond motifs is 1. The summed E-state index contributed by atoms with van der Waals surface area (Å²) in [5.74, 6) is 2.21. The molecule has 5 nitrogen and oxygen atoms in total. The van der Waals surface area contributed by atoms with E-state index in [1.54, 1.807) is 20.3 Å². The summed E-state index contributed by atoms with van der Waals surface area (Å²) in [6, 6.07) is 19.3. The number of likely N-dealkylation sites (N-methyl/N-ethyl adjacent to an activating group) is 1. The van der Waals surface area contributed by atoms with Gasteiger partial charge < -0.3 is 24.8 Å². The van der Waals surface area contributed by atoms with Gasteiger partial charge in [0.1, 0.15) is 5.75 Å². The second-order valence-electron chi connectivity index (χ2n) is 10.3. The van der Waals surface area contributed by atoms with Crippen molar-refractivity contribution >= 4 is 5.69 Å². The zero-order valence-electron chi connectivity index (χ0n) is 22.3. The Morgan fingerprint density at radius 3 is 2.33 bits per heavy atom. The van der Waals surface area contributed by atoms with E-state index in [0.29, 0.717) is 11.7 Å². The summed E-state index contributed by atoms with van der Waals surface area (Å²) in [5.41, 5.74) is 7.64. The number of nitrogens with zero attached hydrogens (tertiary/aromatic N) is 1. The van der Waals surface area contributed by atoms with Gasteiger partial charge in [-0.15, -0.1) is 0 Å². The van der Waals surface area contributed by atoms with Crippen LogP contribution in [-0.2, 0) is 25.7 Å². The lowest BCUT2D eigenvalue weighted by Crippen LogP contribution is -2.21. The highest BCUT2D eigenvalue weighted by molar-refractivity contribution is 5.63. The Labute approximate surface area is 216 Å². The first kappa shape index (κ1) is 25.9. The molecule has 2 atom stereocenters. The molecule has 0 spiro atoms. The van der Waals surface area contributed by atoms with Gasteiger partial charge >= 0.3 is 0 Å². The topological polar surface area (TPSA) is 54.0 Å². The highest BCUT2D eigenvalue weighted by Gasteiger charge is 2.25. The van der Waals surface area contributed by atoms with Crippen molar-refractivity contribution in [2.75, 3.05) is 40.2 Å². The number of hydrogen-bond acceptors (Lipinski definition) is 5. The summed E-state index contributed by atoms with van der Waals surface area (Å²) in [6.07, 6.45) is 4.94. The Morgan fingerprint density at radius 2 is 1.64 bits per heavy atom. The Balaban J connectivity index is 1.53. The summed E-state index contributed by atoms with van der Waals surface area (Å²) >= 11 is 0. The highest BCUT2D eigenvalue weighted by Crippen LogP contribution is 2.42. The number of anilines is 1. The van der Waals surface area contributed by atoms with Crippen molar-refractivity contribution in [3.63, 3.8) is 0 Å². The minimum atomic E-state index is 0.252. The molecule has 2 unspecified atom stereocenters. The maximum Gasteiger partial charge on any atom is 0.162 e. The average molecular weight is 489 g/mol. The van der Waals surface area contributed by atoms with Gasteiger partial charge in [0.25, 0.3) is 0 Å². The Morgan fingerprint density at radius 1 is 0.944 bits per heavy atom. The number of aryl methyl sites for hydroxylation is 1.